The summed E-state index contributed by atoms with van der Waals surface area (Å²) >= 11 is 0. The van der Waals surface area contributed by atoms with Gasteiger partial charge < -0.3 is 15.2 Å². The third kappa shape index (κ3) is 4.79. The lowest BCUT2D eigenvalue weighted by atomic mass is 10.0. The lowest BCUT2D eigenvalue weighted by Gasteiger charge is -2.27. The second-order valence-corrected chi connectivity index (χ2v) is 5.58. The molecule has 0 aromatic carbocycles. The van der Waals surface area contributed by atoms with E-state index in [1.807, 2.05) is 12.1 Å². The zero-order valence-corrected chi connectivity index (χ0v) is 12.5. The molecule has 1 saturated carbocycles. The van der Waals surface area contributed by atoms with Gasteiger partial charge >= 0.3 is 0 Å². The third-order valence-corrected chi connectivity index (χ3v) is 4.06. The van der Waals surface area contributed by atoms with Gasteiger partial charge in [0.2, 0.25) is 5.91 Å². The highest BCUT2D eigenvalue weighted by atomic mass is 16.5. The van der Waals surface area contributed by atoms with Crippen LogP contribution in [0.3, 0.4) is 0 Å². The number of amides is 1. The molecule has 0 spiro atoms. The molecule has 1 aliphatic carbocycles. The predicted octanol–water partition coefficient (Wildman–Crippen LogP) is 1.45. The average molecular weight is 292 g/mol. The van der Waals surface area contributed by atoms with Crippen LogP contribution in [0.5, 0.6) is 0 Å². The smallest absolute Gasteiger partial charge is 0.220 e. The van der Waals surface area contributed by atoms with Crippen LogP contribution in [0.15, 0.2) is 24.5 Å². The van der Waals surface area contributed by atoms with Crippen molar-refractivity contribution < 1.29 is 14.6 Å². The average Bonchev–Trinajstić information content (AvgIpc) is 2.68. The molecule has 2 rings (SSSR count). The van der Waals surface area contributed by atoms with Crippen LogP contribution < -0.4 is 5.32 Å². The maximum atomic E-state index is 12.1. The van der Waals surface area contributed by atoms with Gasteiger partial charge in [-0.15, -0.1) is 0 Å². The van der Waals surface area contributed by atoms with Gasteiger partial charge in [0.15, 0.2) is 0 Å². The number of ether oxygens (including phenoxy) is 1. The van der Waals surface area contributed by atoms with E-state index in [1.54, 1.807) is 19.5 Å². The van der Waals surface area contributed by atoms with Crippen molar-refractivity contribution in [1.82, 2.24) is 10.3 Å². The van der Waals surface area contributed by atoms with Crippen molar-refractivity contribution in [1.29, 1.82) is 0 Å². The van der Waals surface area contributed by atoms with Gasteiger partial charge in [0.1, 0.15) is 6.10 Å². The van der Waals surface area contributed by atoms with Gasteiger partial charge in [-0.3, -0.25) is 9.78 Å². The summed E-state index contributed by atoms with van der Waals surface area (Å²) in [7, 11) is 1.61. The molecule has 1 aliphatic rings. The number of aryl methyl sites for hydroxylation is 1. The molecular formula is C16H24N2O3. The van der Waals surface area contributed by atoms with Gasteiger partial charge in [-0.05, 0) is 30.9 Å². The maximum Gasteiger partial charge on any atom is 0.220 e. The number of nitrogens with zero attached hydrogens (tertiary/aromatic N) is 1. The fraction of sp³-hybridized carbons (Fsp3) is 0.625. The monoisotopic (exact) mass is 292 g/mol. The molecule has 1 aromatic heterocycles. The number of aliphatic hydroxyl groups excluding tert-OH is 1. The quantitative estimate of drug-likeness (QED) is 0.806. The van der Waals surface area contributed by atoms with Crippen molar-refractivity contribution in [2.45, 2.75) is 56.8 Å². The molecular weight excluding hydrogens is 268 g/mol. The van der Waals surface area contributed by atoms with Crippen molar-refractivity contribution in [3.05, 3.63) is 30.1 Å². The molecule has 116 valence electrons. The van der Waals surface area contributed by atoms with Gasteiger partial charge in [-0.2, -0.15) is 0 Å². The molecule has 1 heterocycles. The minimum atomic E-state index is -0.625. The van der Waals surface area contributed by atoms with Crippen LogP contribution in [0.4, 0.5) is 0 Å². The first-order valence-corrected chi connectivity index (χ1v) is 7.60. The molecule has 0 unspecified atom stereocenters. The van der Waals surface area contributed by atoms with Crippen molar-refractivity contribution >= 4 is 5.91 Å². The van der Waals surface area contributed by atoms with E-state index in [1.165, 1.54) is 0 Å². The van der Waals surface area contributed by atoms with Gasteiger partial charge in [-0.1, -0.05) is 18.9 Å². The molecule has 3 atom stereocenters. The van der Waals surface area contributed by atoms with E-state index in [9.17, 15) is 9.90 Å². The summed E-state index contributed by atoms with van der Waals surface area (Å²) in [6.07, 6.45) is 7.44. The van der Waals surface area contributed by atoms with Crippen LogP contribution in [0, 0.1) is 0 Å². The second kappa shape index (κ2) is 8.10. The molecule has 0 aliphatic heterocycles. The lowest BCUT2D eigenvalue weighted by molar-refractivity contribution is -0.123. The molecule has 0 bridgehead atoms. The number of carbonyl (C=O) groups is 1. The fourth-order valence-electron chi connectivity index (χ4n) is 2.81. The van der Waals surface area contributed by atoms with E-state index >= 15 is 0 Å². The number of nitrogens with one attached hydrogen (secondary N) is 1. The molecule has 5 nitrogen and oxygen atoms in total. The zero-order valence-electron chi connectivity index (χ0n) is 12.5. The molecule has 2 N–H and O–H groups in total. The Labute approximate surface area is 125 Å². The first kappa shape index (κ1) is 15.9. The van der Waals surface area contributed by atoms with Gasteiger partial charge in [0, 0.05) is 25.9 Å². The molecule has 1 amide bonds. The van der Waals surface area contributed by atoms with Crippen LogP contribution in [0.25, 0.3) is 0 Å². The number of methoxy groups -OCH3 is 1. The Kier molecular flexibility index (Phi) is 6.14. The zero-order chi connectivity index (χ0) is 15.1. The number of carbonyl (C=O) groups excluding carboxylic acids is 1. The van der Waals surface area contributed by atoms with Crippen molar-refractivity contribution in [2.75, 3.05) is 7.11 Å². The number of hydrogen-bond donors (Lipinski definition) is 2. The van der Waals surface area contributed by atoms with E-state index in [0.717, 1.165) is 31.2 Å². The number of pyridine rings is 1. The van der Waals surface area contributed by atoms with E-state index in [-0.39, 0.29) is 18.1 Å². The predicted molar refractivity (Wildman–Crippen MR) is 79.8 cm³/mol. The Balaban J connectivity index is 1.83. The lowest BCUT2D eigenvalue weighted by Crippen LogP contribution is -2.48. The van der Waals surface area contributed by atoms with E-state index in [2.05, 4.69) is 10.3 Å². The summed E-state index contributed by atoms with van der Waals surface area (Å²) < 4.78 is 5.31. The number of hydrogen-bond acceptors (Lipinski definition) is 4. The third-order valence-electron chi connectivity index (χ3n) is 4.06. The summed E-state index contributed by atoms with van der Waals surface area (Å²) in [5.41, 5.74) is 1.05. The van der Waals surface area contributed by atoms with E-state index < -0.39 is 6.10 Å². The van der Waals surface area contributed by atoms with Gasteiger partial charge in [0.05, 0.1) is 12.1 Å². The number of aliphatic hydroxyl groups is 1. The summed E-state index contributed by atoms with van der Waals surface area (Å²) in [5, 5.41) is 13.2. The Morgan fingerprint density at radius 1 is 1.48 bits per heavy atom. The van der Waals surface area contributed by atoms with Crippen LogP contribution in [-0.2, 0) is 16.0 Å². The first-order chi connectivity index (χ1) is 10.2. The number of aromatic nitrogens is 1. The Morgan fingerprint density at radius 2 is 2.29 bits per heavy atom. The van der Waals surface area contributed by atoms with E-state index in [0.29, 0.717) is 12.8 Å². The molecule has 5 heteroatoms. The van der Waals surface area contributed by atoms with Crippen molar-refractivity contribution in [3.8, 4) is 0 Å². The SMILES string of the molecule is CO[C@@H]1CCCC[C@@H](NC(=O)CCc2cccnc2)[C@H]1O. The highest BCUT2D eigenvalue weighted by Gasteiger charge is 2.30. The summed E-state index contributed by atoms with van der Waals surface area (Å²) in [5.74, 6) is -0.0281. The molecule has 21 heavy (non-hydrogen) atoms. The fourth-order valence-corrected chi connectivity index (χ4v) is 2.81. The molecule has 0 radical (unpaired) electrons. The first-order valence-electron chi connectivity index (χ1n) is 7.60. The van der Waals surface area contributed by atoms with Crippen molar-refractivity contribution in [3.63, 3.8) is 0 Å². The summed E-state index contributed by atoms with van der Waals surface area (Å²) in [4.78, 5) is 16.1. The largest absolute Gasteiger partial charge is 0.388 e. The number of rotatable bonds is 5. The van der Waals surface area contributed by atoms with Crippen LogP contribution in [-0.4, -0.2) is 41.4 Å². The second-order valence-electron chi connectivity index (χ2n) is 5.58. The summed E-state index contributed by atoms with van der Waals surface area (Å²) in [6.45, 7) is 0. The highest BCUT2D eigenvalue weighted by molar-refractivity contribution is 5.76. The summed E-state index contributed by atoms with van der Waals surface area (Å²) in [6, 6.07) is 3.62. The molecule has 1 fully saturated rings. The topological polar surface area (TPSA) is 71.5 Å². The Bertz CT molecular complexity index is 438. The Morgan fingerprint density at radius 3 is 3.00 bits per heavy atom. The minimum Gasteiger partial charge on any atom is -0.388 e. The minimum absolute atomic E-state index is 0.0281. The normalized spacial score (nSPS) is 26.1. The van der Waals surface area contributed by atoms with Crippen LogP contribution >= 0.6 is 0 Å². The van der Waals surface area contributed by atoms with Gasteiger partial charge in [-0.25, -0.2) is 0 Å². The molecule has 1 aromatic rings. The van der Waals surface area contributed by atoms with Crippen LogP contribution in [0.2, 0.25) is 0 Å². The Hall–Kier alpha value is -1.46. The van der Waals surface area contributed by atoms with Crippen LogP contribution in [0.1, 0.15) is 37.7 Å². The maximum absolute atomic E-state index is 12.1. The standard InChI is InChI=1S/C16H24N2O3/c1-21-14-7-3-2-6-13(16(14)20)18-15(19)9-8-12-5-4-10-17-11-12/h4-5,10-11,13-14,16,20H,2-3,6-9H2,1H3,(H,18,19)/t13-,14-,16-/m1/s1. The highest BCUT2D eigenvalue weighted by Crippen LogP contribution is 2.21. The van der Waals surface area contributed by atoms with Crippen molar-refractivity contribution in [2.24, 2.45) is 0 Å². The molecule has 0 saturated heterocycles. The van der Waals surface area contributed by atoms with E-state index in [4.69, 9.17) is 4.74 Å². The van der Waals surface area contributed by atoms with Gasteiger partial charge in [0.25, 0.3) is 0 Å².